The molecule has 1 aromatic carbocycles. The predicted octanol–water partition coefficient (Wildman–Crippen LogP) is 3.91. The lowest BCUT2D eigenvalue weighted by Gasteiger charge is -2.27. The van der Waals surface area contributed by atoms with Gasteiger partial charge in [0.25, 0.3) is 0 Å². The van der Waals surface area contributed by atoms with Crippen molar-refractivity contribution in [3.8, 4) is 0 Å². The Kier molecular flexibility index (Phi) is 6.82. The lowest BCUT2D eigenvalue weighted by Crippen LogP contribution is -2.36. The minimum absolute atomic E-state index is 0.111. The molecule has 0 radical (unpaired) electrons. The summed E-state index contributed by atoms with van der Waals surface area (Å²) in [6.07, 6.45) is 3.86. The molecule has 1 fully saturated rings. The number of hydrogen-bond acceptors (Lipinski definition) is 3. The van der Waals surface area contributed by atoms with E-state index in [4.69, 9.17) is 11.6 Å². The van der Waals surface area contributed by atoms with Crippen LogP contribution in [0.25, 0.3) is 0 Å². The van der Waals surface area contributed by atoms with Gasteiger partial charge in [-0.2, -0.15) is 0 Å². The van der Waals surface area contributed by atoms with Crippen molar-refractivity contribution in [1.29, 1.82) is 0 Å². The summed E-state index contributed by atoms with van der Waals surface area (Å²) >= 11 is 6.13. The van der Waals surface area contributed by atoms with E-state index in [2.05, 4.69) is 10.6 Å². The molecule has 3 N–H and O–H groups in total. The van der Waals surface area contributed by atoms with Crippen molar-refractivity contribution in [3.05, 3.63) is 23.2 Å². The van der Waals surface area contributed by atoms with Gasteiger partial charge in [-0.3, -0.25) is 14.4 Å². The monoisotopic (exact) mass is 366 g/mol. The first kappa shape index (κ1) is 19.2. The molecule has 1 aromatic rings. The third kappa shape index (κ3) is 5.19. The van der Waals surface area contributed by atoms with Crippen molar-refractivity contribution in [2.75, 3.05) is 10.6 Å². The zero-order valence-electron chi connectivity index (χ0n) is 14.2. The molecule has 0 aliphatic heterocycles. The maximum absolute atomic E-state index is 12.6. The van der Waals surface area contributed by atoms with Crippen LogP contribution in [0, 0.1) is 11.8 Å². The quantitative estimate of drug-likeness (QED) is 0.711. The van der Waals surface area contributed by atoms with Crippen LogP contribution >= 0.6 is 11.6 Å². The van der Waals surface area contributed by atoms with Gasteiger partial charge in [0.1, 0.15) is 0 Å². The van der Waals surface area contributed by atoms with E-state index in [0.29, 0.717) is 35.7 Å². The summed E-state index contributed by atoms with van der Waals surface area (Å²) in [4.78, 5) is 35.6. The number of halogens is 1. The first-order valence-electron chi connectivity index (χ1n) is 8.55. The van der Waals surface area contributed by atoms with E-state index >= 15 is 0 Å². The summed E-state index contributed by atoms with van der Waals surface area (Å²) < 4.78 is 0. The first-order chi connectivity index (χ1) is 11.9. The van der Waals surface area contributed by atoms with Crippen LogP contribution in [0.5, 0.6) is 0 Å². The van der Waals surface area contributed by atoms with Crippen molar-refractivity contribution in [1.82, 2.24) is 0 Å². The van der Waals surface area contributed by atoms with Crippen LogP contribution < -0.4 is 10.6 Å². The number of anilines is 2. The van der Waals surface area contributed by atoms with Gasteiger partial charge in [0.15, 0.2) is 0 Å². The molecular formula is C18H23ClN2O4. The van der Waals surface area contributed by atoms with E-state index in [0.717, 1.165) is 19.3 Å². The Morgan fingerprint density at radius 2 is 1.84 bits per heavy atom. The second-order valence-electron chi connectivity index (χ2n) is 6.32. The first-order valence-corrected chi connectivity index (χ1v) is 8.93. The maximum atomic E-state index is 12.6. The number of carboxylic acid groups (broad SMARTS) is 1. The topological polar surface area (TPSA) is 95.5 Å². The Morgan fingerprint density at radius 3 is 2.48 bits per heavy atom. The minimum Gasteiger partial charge on any atom is -0.481 e. The fourth-order valence-corrected chi connectivity index (χ4v) is 3.28. The molecule has 0 bridgehead atoms. The minimum atomic E-state index is -0.938. The molecule has 7 heteroatoms. The van der Waals surface area contributed by atoms with Crippen LogP contribution in [-0.4, -0.2) is 22.9 Å². The molecule has 2 rings (SSSR count). The van der Waals surface area contributed by atoms with Crippen molar-refractivity contribution >= 4 is 40.8 Å². The molecule has 6 nitrogen and oxygen atoms in total. The molecular weight excluding hydrogens is 344 g/mol. The zero-order chi connectivity index (χ0) is 18.4. The van der Waals surface area contributed by atoms with E-state index in [1.165, 1.54) is 0 Å². The molecule has 25 heavy (non-hydrogen) atoms. The standard InChI is InChI=1S/C18H23ClN2O4/c1-2-5-16(22)20-11-8-9-14(19)15(10-11)21-17(23)12-6-3-4-7-13(12)18(24)25/h8-10,12-13H,2-7H2,1H3,(H,20,22)(H,21,23)(H,24,25)/t12-,13-/m0/s1. The molecule has 0 unspecified atom stereocenters. The highest BCUT2D eigenvalue weighted by atomic mass is 35.5. The number of nitrogens with one attached hydrogen (secondary N) is 2. The zero-order valence-corrected chi connectivity index (χ0v) is 14.9. The molecule has 0 saturated heterocycles. The third-order valence-electron chi connectivity index (χ3n) is 4.40. The summed E-state index contributed by atoms with van der Waals surface area (Å²) in [5.74, 6) is -2.63. The van der Waals surface area contributed by atoms with Crippen LogP contribution in [-0.2, 0) is 14.4 Å². The second kappa shape index (κ2) is 8.85. The van der Waals surface area contributed by atoms with E-state index in [9.17, 15) is 19.5 Å². The second-order valence-corrected chi connectivity index (χ2v) is 6.72. The van der Waals surface area contributed by atoms with E-state index < -0.39 is 17.8 Å². The Labute approximate surface area is 151 Å². The molecule has 0 aromatic heterocycles. The van der Waals surface area contributed by atoms with Gasteiger partial charge in [-0.15, -0.1) is 0 Å². The van der Waals surface area contributed by atoms with Crippen molar-refractivity contribution in [3.63, 3.8) is 0 Å². The Morgan fingerprint density at radius 1 is 1.16 bits per heavy atom. The Bertz CT molecular complexity index is 662. The molecule has 1 saturated carbocycles. The molecule has 136 valence electrons. The maximum Gasteiger partial charge on any atom is 0.307 e. The van der Waals surface area contributed by atoms with Crippen LogP contribution in [0.1, 0.15) is 45.4 Å². The fraction of sp³-hybridized carbons (Fsp3) is 0.500. The van der Waals surface area contributed by atoms with Crippen LogP contribution in [0.4, 0.5) is 11.4 Å². The molecule has 1 aliphatic rings. The Balaban J connectivity index is 2.11. The average molecular weight is 367 g/mol. The number of benzene rings is 1. The predicted molar refractivity (Wildman–Crippen MR) is 96.7 cm³/mol. The smallest absolute Gasteiger partial charge is 0.307 e. The van der Waals surface area contributed by atoms with Crippen molar-refractivity contribution in [2.45, 2.75) is 45.4 Å². The number of carbonyl (C=O) groups excluding carboxylic acids is 2. The van der Waals surface area contributed by atoms with Gasteiger partial charge in [-0.1, -0.05) is 31.4 Å². The Hall–Kier alpha value is -2.08. The molecule has 0 spiro atoms. The third-order valence-corrected chi connectivity index (χ3v) is 4.73. The van der Waals surface area contributed by atoms with Gasteiger partial charge < -0.3 is 15.7 Å². The van der Waals surface area contributed by atoms with Gasteiger partial charge in [0.2, 0.25) is 11.8 Å². The number of rotatable bonds is 6. The number of amides is 2. The van der Waals surface area contributed by atoms with E-state index in [1.807, 2.05) is 6.92 Å². The SMILES string of the molecule is CCCC(=O)Nc1ccc(Cl)c(NC(=O)[C@H]2CCCC[C@@H]2C(=O)O)c1. The number of carbonyl (C=O) groups is 3. The number of hydrogen-bond donors (Lipinski definition) is 3. The fourth-order valence-electron chi connectivity index (χ4n) is 3.12. The number of aliphatic carboxylic acids is 1. The van der Waals surface area contributed by atoms with Gasteiger partial charge in [0.05, 0.1) is 22.5 Å². The molecule has 2 amide bonds. The van der Waals surface area contributed by atoms with E-state index in [-0.39, 0.29) is 11.8 Å². The lowest BCUT2D eigenvalue weighted by atomic mass is 9.78. The summed E-state index contributed by atoms with van der Waals surface area (Å²) in [5, 5.41) is 15.1. The number of carboxylic acids is 1. The molecule has 0 heterocycles. The highest BCUT2D eigenvalue weighted by Crippen LogP contribution is 2.33. The van der Waals surface area contributed by atoms with Crippen LogP contribution in [0.2, 0.25) is 5.02 Å². The largest absolute Gasteiger partial charge is 0.481 e. The summed E-state index contributed by atoms with van der Waals surface area (Å²) in [6.45, 7) is 1.91. The van der Waals surface area contributed by atoms with Gasteiger partial charge in [-0.25, -0.2) is 0 Å². The van der Waals surface area contributed by atoms with Gasteiger partial charge >= 0.3 is 5.97 Å². The molecule has 2 atom stereocenters. The molecule has 1 aliphatic carbocycles. The summed E-state index contributed by atoms with van der Waals surface area (Å²) in [5.41, 5.74) is 0.909. The normalized spacial score (nSPS) is 19.9. The van der Waals surface area contributed by atoms with Gasteiger partial charge in [-0.05, 0) is 37.5 Å². The van der Waals surface area contributed by atoms with Crippen molar-refractivity contribution in [2.24, 2.45) is 11.8 Å². The summed E-state index contributed by atoms with van der Waals surface area (Å²) in [6, 6.07) is 4.84. The summed E-state index contributed by atoms with van der Waals surface area (Å²) in [7, 11) is 0. The average Bonchev–Trinajstić information content (AvgIpc) is 2.58. The van der Waals surface area contributed by atoms with Crippen LogP contribution in [0.3, 0.4) is 0 Å². The highest BCUT2D eigenvalue weighted by Gasteiger charge is 2.35. The van der Waals surface area contributed by atoms with Crippen LogP contribution in [0.15, 0.2) is 18.2 Å². The van der Waals surface area contributed by atoms with Crippen molar-refractivity contribution < 1.29 is 19.5 Å². The van der Waals surface area contributed by atoms with Gasteiger partial charge in [0, 0.05) is 12.1 Å². The highest BCUT2D eigenvalue weighted by molar-refractivity contribution is 6.33. The lowest BCUT2D eigenvalue weighted by molar-refractivity contribution is -0.147. The van der Waals surface area contributed by atoms with E-state index in [1.54, 1.807) is 18.2 Å².